The Morgan fingerprint density at radius 3 is 2.32 bits per heavy atom. The fourth-order valence-electron chi connectivity index (χ4n) is 2.36. The summed E-state index contributed by atoms with van der Waals surface area (Å²) in [5.41, 5.74) is 0.211. The van der Waals surface area contributed by atoms with Crippen molar-refractivity contribution < 1.29 is 13.2 Å². The van der Waals surface area contributed by atoms with Crippen LogP contribution in [0.15, 0.2) is 24.3 Å². The van der Waals surface area contributed by atoms with Crippen molar-refractivity contribution in [1.82, 2.24) is 5.32 Å². The summed E-state index contributed by atoms with van der Waals surface area (Å²) in [6.07, 6.45) is -4.27. The van der Waals surface area contributed by atoms with Crippen LogP contribution in [0.2, 0.25) is 0 Å². The molecule has 1 aromatic rings. The normalized spacial score (nSPS) is 23.5. The van der Waals surface area contributed by atoms with Gasteiger partial charge < -0.3 is 10.2 Å². The van der Waals surface area contributed by atoms with E-state index in [9.17, 15) is 13.2 Å². The summed E-state index contributed by atoms with van der Waals surface area (Å²) in [5.74, 6) is 0. The van der Waals surface area contributed by atoms with Crippen LogP contribution in [0.1, 0.15) is 26.3 Å². The van der Waals surface area contributed by atoms with Gasteiger partial charge in [0, 0.05) is 30.4 Å². The lowest BCUT2D eigenvalue weighted by molar-refractivity contribution is -0.137. The Kier molecular flexibility index (Phi) is 3.51. The third-order valence-electron chi connectivity index (χ3n) is 3.50. The summed E-state index contributed by atoms with van der Waals surface area (Å²) < 4.78 is 37.6. The van der Waals surface area contributed by atoms with Gasteiger partial charge in [-0.3, -0.25) is 0 Å². The number of hydrogen-bond donors (Lipinski definition) is 1. The highest BCUT2D eigenvalue weighted by Gasteiger charge is 2.32. The number of benzene rings is 1. The summed E-state index contributed by atoms with van der Waals surface area (Å²) in [4.78, 5) is 2.15. The molecule has 19 heavy (non-hydrogen) atoms. The Hall–Kier alpha value is -1.23. The smallest absolute Gasteiger partial charge is 0.366 e. The molecule has 1 aliphatic heterocycles. The van der Waals surface area contributed by atoms with Crippen LogP contribution in [0.5, 0.6) is 0 Å². The second kappa shape index (κ2) is 4.71. The molecule has 106 valence electrons. The topological polar surface area (TPSA) is 15.3 Å². The fraction of sp³-hybridized carbons (Fsp3) is 0.571. The van der Waals surface area contributed by atoms with Gasteiger partial charge in [0.25, 0.3) is 0 Å². The number of alkyl halides is 3. The van der Waals surface area contributed by atoms with Crippen LogP contribution >= 0.6 is 0 Å². The quantitative estimate of drug-likeness (QED) is 0.844. The highest BCUT2D eigenvalue weighted by atomic mass is 19.4. The average molecular weight is 272 g/mol. The van der Waals surface area contributed by atoms with E-state index in [-0.39, 0.29) is 11.6 Å². The summed E-state index contributed by atoms with van der Waals surface area (Å²) in [7, 11) is 0. The number of halogens is 3. The van der Waals surface area contributed by atoms with Gasteiger partial charge in [-0.05, 0) is 45.0 Å². The van der Waals surface area contributed by atoms with Gasteiger partial charge in [0.15, 0.2) is 0 Å². The van der Waals surface area contributed by atoms with Gasteiger partial charge in [0.1, 0.15) is 0 Å². The van der Waals surface area contributed by atoms with Crippen LogP contribution in [0.4, 0.5) is 18.9 Å². The molecule has 0 spiro atoms. The lowest BCUT2D eigenvalue weighted by Crippen LogP contribution is -2.61. The van der Waals surface area contributed by atoms with Crippen molar-refractivity contribution in [2.24, 2.45) is 0 Å². The molecule has 1 heterocycles. The van der Waals surface area contributed by atoms with Crippen LogP contribution in [0.25, 0.3) is 0 Å². The predicted octanol–water partition coefficient (Wildman–Crippen LogP) is 3.28. The van der Waals surface area contributed by atoms with Crippen LogP contribution in [-0.4, -0.2) is 24.7 Å². The SMILES string of the molecule is CC1CNC(C)(C)CN1c1ccc(C(F)(F)F)cc1. The van der Waals surface area contributed by atoms with Crippen LogP contribution in [0, 0.1) is 0 Å². The number of piperazine rings is 1. The zero-order valence-electron chi connectivity index (χ0n) is 11.4. The van der Waals surface area contributed by atoms with Crippen molar-refractivity contribution in [3.63, 3.8) is 0 Å². The van der Waals surface area contributed by atoms with Gasteiger partial charge in [0.2, 0.25) is 0 Å². The standard InChI is InChI=1S/C14H19F3N2/c1-10-8-18-13(2,3)9-19(10)12-6-4-11(5-7-12)14(15,16)17/h4-7,10,18H,8-9H2,1-3H3. The van der Waals surface area contributed by atoms with E-state index in [1.807, 2.05) is 0 Å². The molecule has 1 aromatic carbocycles. The molecule has 0 amide bonds. The minimum Gasteiger partial charge on any atom is -0.366 e. The molecule has 1 N–H and O–H groups in total. The molecule has 0 bridgehead atoms. The first-order valence-corrected chi connectivity index (χ1v) is 6.38. The zero-order valence-corrected chi connectivity index (χ0v) is 11.4. The Bertz CT molecular complexity index is 437. The van der Waals surface area contributed by atoms with Crippen LogP contribution in [0.3, 0.4) is 0 Å². The number of rotatable bonds is 1. The predicted molar refractivity (Wildman–Crippen MR) is 70.3 cm³/mol. The zero-order chi connectivity index (χ0) is 14.3. The minimum absolute atomic E-state index is 0.0325. The van der Waals surface area contributed by atoms with E-state index in [0.29, 0.717) is 0 Å². The maximum atomic E-state index is 12.5. The minimum atomic E-state index is -4.27. The molecule has 2 rings (SSSR count). The van der Waals surface area contributed by atoms with Gasteiger partial charge in [-0.2, -0.15) is 13.2 Å². The largest absolute Gasteiger partial charge is 0.416 e. The van der Waals surface area contributed by atoms with Crippen LogP contribution in [-0.2, 0) is 6.18 Å². The molecule has 0 aliphatic carbocycles. The molecule has 5 heteroatoms. The van der Waals surface area contributed by atoms with Gasteiger partial charge in [-0.15, -0.1) is 0 Å². The highest BCUT2D eigenvalue weighted by molar-refractivity contribution is 5.50. The van der Waals surface area contributed by atoms with E-state index in [1.165, 1.54) is 0 Å². The van der Waals surface area contributed by atoms with E-state index in [4.69, 9.17) is 0 Å². The number of nitrogens with zero attached hydrogens (tertiary/aromatic N) is 1. The first-order chi connectivity index (χ1) is 8.69. The summed E-state index contributed by atoms with van der Waals surface area (Å²) in [6, 6.07) is 5.68. The van der Waals surface area contributed by atoms with Gasteiger partial charge in [-0.25, -0.2) is 0 Å². The van der Waals surface area contributed by atoms with Crippen molar-refractivity contribution in [2.75, 3.05) is 18.0 Å². The van der Waals surface area contributed by atoms with E-state index in [2.05, 4.69) is 31.0 Å². The first-order valence-electron chi connectivity index (χ1n) is 6.38. The van der Waals surface area contributed by atoms with Gasteiger partial charge in [-0.1, -0.05) is 0 Å². The van der Waals surface area contributed by atoms with E-state index in [0.717, 1.165) is 30.9 Å². The summed E-state index contributed by atoms with van der Waals surface area (Å²) in [6.45, 7) is 7.86. The Labute approximate surface area is 111 Å². The Balaban J connectivity index is 2.21. The van der Waals surface area contributed by atoms with E-state index in [1.54, 1.807) is 12.1 Å². The molecule has 1 unspecified atom stereocenters. The monoisotopic (exact) mass is 272 g/mol. The van der Waals surface area contributed by atoms with Crippen molar-refractivity contribution in [3.8, 4) is 0 Å². The summed E-state index contributed by atoms with van der Waals surface area (Å²) >= 11 is 0. The summed E-state index contributed by atoms with van der Waals surface area (Å²) in [5, 5.41) is 3.42. The molecular formula is C14H19F3N2. The molecule has 1 aliphatic rings. The van der Waals surface area contributed by atoms with Gasteiger partial charge >= 0.3 is 6.18 Å². The second-order valence-electron chi connectivity index (χ2n) is 5.79. The van der Waals surface area contributed by atoms with Crippen molar-refractivity contribution in [3.05, 3.63) is 29.8 Å². The van der Waals surface area contributed by atoms with E-state index >= 15 is 0 Å². The third kappa shape index (κ3) is 3.21. The van der Waals surface area contributed by atoms with Crippen molar-refractivity contribution >= 4 is 5.69 Å². The Morgan fingerprint density at radius 2 is 1.79 bits per heavy atom. The molecule has 1 saturated heterocycles. The number of anilines is 1. The molecule has 0 saturated carbocycles. The van der Waals surface area contributed by atoms with Crippen molar-refractivity contribution in [1.29, 1.82) is 0 Å². The van der Waals surface area contributed by atoms with Crippen molar-refractivity contribution in [2.45, 2.75) is 38.5 Å². The fourth-order valence-corrected chi connectivity index (χ4v) is 2.36. The van der Waals surface area contributed by atoms with Crippen LogP contribution < -0.4 is 10.2 Å². The lowest BCUT2D eigenvalue weighted by atomic mass is 9.98. The lowest BCUT2D eigenvalue weighted by Gasteiger charge is -2.44. The molecule has 0 radical (unpaired) electrons. The molecule has 2 nitrogen and oxygen atoms in total. The Morgan fingerprint density at radius 1 is 1.21 bits per heavy atom. The molecule has 0 aromatic heterocycles. The number of nitrogens with one attached hydrogen (secondary N) is 1. The maximum absolute atomic E-state index is 12.5. The highest BCUT2D eigenvalue weighted by Crippen LogP contribution is 2.31. The first kappa shape index (κ1) is 14.2. The number of hydrogen-bond acceptors (Lipinski definition) is 2. The maximum Gasteiger partial charge on any atom is 0.416 e. The molecule has 1 fully saturated rings. The van der Waals surface area contributed by atoms with Gasteiger partial charge in [0.05, 0.1) is 5.56 Å². The second-order valence-corrected chi connectivity index (χ2v) is 5.79. The third-order valence-corrected chi connectivity index (χ3v) is 3.50. The van der Waals surface area contributed by atoms with E-state index < -0.39 is 11.7 Å². The molecular weight excluding hydrogens is 253 g/mol. The average Bonchev–Trinajstić information content (AvgIpc) is 2.31. The molecule has 1 atom stereocenters.